The highest BCUT2D eigenvalue weighted by atomic mass is 16.5. The lowest BCUT2D eigenvalue weighted by Crippen LogP contribution is -2.37. The van der Waals surface area contributed by atoms with E-state index in [0.717, 1.165) is 25.7 Å². The van der Waals surface area contributed by atoms with Crippen LogP contribution in [-0.4, -0.2) is 43.8 Å². The lowest BCUT2D eigenvalue weighted by molar-refractivity contribution is -0.0370. The molecule has 3 nitrogen and oxygen atoms in total. The van der Waals surface area contributed by atoms with Crippen molar-refractivity contribution in [1.29, 1.82) is 0 Å². The summed E-state index contributed by atoms with van der Waals surface area (Å²) >= 11 is 0. The number of rotatable bonds is 4. The van der Waals surface area contributed by atoms with Gasteiger partial charge in [-0.05, 0) is 38.8 Å². The Labute approximate surface area is 93.0 Å². The first-order valence-electron chi connectivity index (χ1n) is 6.40. The number of hydrogen-bond donors (Lipinski definition) is 1. The van der Waals surface area contributed by atoms with E-state index >= 15 is 0 Å². The maximum Gasteiger partial charge on any atom is 0.0516 e. The van der Waals surface area contributed by atoms with E-state index in [0.29, 0.717) is 6.04 Å². The normalized spacial score (nSPS) is 29.8. The Bertz CT molecular complexity index is 182. The van der Waals surface area contributed by atoms with Crippen molar-refractivity contribution in [2.45, 2.75) is 38.1 Å². The molecule has 0 radical (unpaired) electrons. The van der Waals surface area contributed by atoms with Crippen LogP contribution in [0.2, 0.25) is 0 Å². The van der Waals surface area contributed by atoms with E-state index in [2.05, 4.69) is 4.90 Å². The molecule has 0 aromatic rings. The van der Waals surface area contributed by atoms with Crippen LogP contribution in [0.15, 0.2) is 0 Å². The second kappa shape index (κ2) is 5.83. The van der Waals surface area contributed by atoms with Crippen molar-refractivity contribution in [3.63, 3.8) is 0 Å². The van der Waals surface area contributed by atoms with Crippen molar-refractivity contribution >= 4 is 0 Å². The van der Waals surface area contributed by atoms with Gasteiger partial charge in [0.2, 0.25) is 0 Å². The van der Waals surface area contributed by atoms with Gasteiger partial charge in [0, 0.05) is 18.5 Å². The predicted molar refractivity (Wildman–Crippen MR) is 61.8 cm³/mol. The van der Waals surface area contributed by atoms with E-state index in [4.69, 9.17) is 10.5 Å². The summed E-state index contributed by atoms with van der Waals surface area (Å²) in [7, 11) is 0. The van der Waals surface area contributed by atoms with Crippen molar-refractivity contribution < 1.29 is 4.74 Å². The van der Waals surface area contributed by atoms with E-state index in [9.17, 15) is 0 Å². The second-order valence-electron chi connectivity index (χ2n) is 5.10. The molecule has 2 heterocycles. The molecule has 2 aliphatic heterocycles. The zero-order chi connectivity index (χ0) is 10.5. The van der Waals surface area contributed by atoms with E-state index < -0.39 is 0 Å². The van der Waals surface area contributed by atoms with Crippen LogP contribution in [0, 0.1) is 5.92 Å². The minimum Gasteiger partial charge on any atom is -0.381 e. The summed E-state index contributed by atoms with van der Waals surface area (Å²) < 4.78 is 5.18. The molecule has 0 spiro atoms. The second-order valence-corrected chi connectivity index (χ2v) is 5.10. The number of hydrogen-bond acceptors (Lipinski definition) is 3. The van der Waals surface area contributed by atoms with E-state index in [1.807, 2.05) is 0 Å². The molecule has 0 amide bonds. The predicted octanol–water partition coefficient (Wildman–Crippen LogP) is 1.23. The van der Waals surface area contributed by atoms with Crippen LogP contribution in [0.1, 0.15) is 32.1 Å². The largest absolute Gasteiger partial charge is 0.381 e. The summed E-state index contributed by atoms with van der Waals surface area (Å²) in [5.74, 6) is 0.852. The maximum atomic E-state index is 6.03. The minimum absolute atomic E-state index is 0.416. The molecule has 2 N–H and O–H groups in total. The van der Waals surface area contributed by atoms with Gasteiger partial charge in [-0.3, -0.25) is 0 Å². The molecule has 3 heteroatoms. The van der Waals surface area contributed by atoms with E-state index in [1.54, 1.807) is 0 Å². The molecular weight excluding hydrogens is 188 g/mol. The molecule has 15 heavy (non-hydrogen) atoms. The molecule has 2 fully saturated rings. The van der Waals surface area contributed by atoms with Gasteiger partial charge in [0.15, 0.2) is 0 Å². The summed E-state index contributed by atoms with van der Waals surface area (Å²) in [6.07, 6.45) is 6.52. The zero-order valence-corrected chi connectivity index (χ0v) is 9.66. The van der Waals surface area contributed by atoms with Gasteiger partial charge in [0.05, 0.1) is 13.2 Å². The molecular formula is C12H24N2O. The minimum atomic E-state index is 0.416. The van der Waals surface area contributed by atoms with Crippen molar-refractivity contribution in [2.75, 3.05) is 32.8 Å². The number of ether oxygens (including phenoxy) is 1. The molecule has 1 unspecified atom stereocenters. The summed E-state index contributed by atoms with van der Waals surface area (Å²) in [6.45, 7) is 5.61. The lowest BCUT2D eigenvalue weighted by atomic mass is 10.0. The number of nitrogens with two attached hydrogens (primary N) is 1. The van der Waals surface area contributed by atoms with Gasteiger partial charge in [0.25, 0.3) is 0 Å². The molecule has 2 aliphatic rings. The summed E-state index contributed by atoms with van der Waals surface area (Å²) in [4.78, 5) is 2.55. The monoisotopic (exact) mass is 212 g/mol. The Morgan fingerprint density at radius 3 is 2.87 bits per heavy atom. The van der Waals surface area contributed by atoms with Crippen molar-refractivity contribution in [3.8, 4) is 0 Å². The fourth-order valence-electron chi connectivity index (χ4n) is 2.51. The van der Waals surface area contributed by atoms with Gasteiger partial charge in [-0.2, -0.15) is 0 Å². The molecule has 0 bridgehead atoms. The molecule has 0 aliphatic carbocycles. The third-order valence-electron chi connectivity index (χ3n) is 3.59. The van der Waals surface area contributed by atoms with Crippen molar-refractivity contribution in [1.82, 2.24) is 4.90 Å². The number of likely N-dealkylation sites (tertiary alicyclic amines) is 1. The van der Waals surface area contributed by atoms with Gasteiger partial charge in [-0.1, -0.05) is 6.42 Å². The molecule has 2 rings (SSSR count). The Morgan fingerprint density at radius 1 is 1.27 bits per heavy atom. The third kappa shape index (κ3) is 3.74. The lowest BCUT2D eigenvalue weighted by Gasteiger charge is -2.27. The quantitative estimate of drug-likeness (QED) is 0.761. The maximum absolute atomic E-state index is 6.03. The van der Waals surface area contributed by atoms with Gasteiger partial charge in [0.1, 0.15) is 0 Å². The standard InChI is InChI=1S/C12H24N2O/c13-12-5-1-2-6-14(8-12)7-3-4-11-9-15-10-11/h11-12H,1-10,13H2. The van der Waals surface area contributed by atoms with Gasteiger partial charge in [-0.25, -0.2) is 0 Å². The van der Waals surface area contributed by atoms with Crippen molar-refractivity contribution in [2.24, 2.45) is 11.7 Å². The summed E-state index contributed by atoms with van der Waals surface area (Å²) in [5.41, 5.74) is 6.03. The first kappa shape index (κ1) is 11.4. The Hall–Kier alpha value is -0.120. The van der Waals surface area contributed by atoms with Crippen LogP contribution in [0.4, 0.5) is 0 Å². The highest BCUT2D eigenvalue weighted by Gasteiger charge is 2.19. The first-order chi connectivity index (χ1) is 7.34. The van der Waals surface area contributed by atoms with E-state index in [1.165, 1.54) is 45.2 Å². The van der Waals surface area contributed by atoms with Crippen LogP contribution < -0.4 is 5.73 Å². The first-order valence-corrected chi connectivity index (χ1v) is 6.40. The Balaban J connectivity index is 1.59. The molecule has 2 saturated heterocycles. The van der Waals surface area contributed by atoms with Crippen LogP contribution in [0.3, 0.4) is 0 Å². The van der Waals surface area contributed by atoms with Gasteiger partial charge < -0.3 is 15.4 Å². The molecule has 88 valence electrons. The third-order valence-corrected chi connectivity index (χ3v) is 3.59. The topological polar surface area (TPSA) is 38.5 Å². The van der Waals surface area contributed by atoms with Gasteiger partial charge in [-0.15, -0.1) is 0 Å². The smallest absolute Gasteiger partial charge is 0.0516 e. The van der Waals surface area contributed by atoms with Crippen LogP contribution in [0.25, 0.3) is 0 Å². The molecule has 0 aromatic carbocycles. The van der Waals surface area contributed by atoms with E-state index in [-0.39, 0.29) is 0 Å². The zero-order valence-electron chi connectivity index (χ0n) is 9.66. The summed E-state index contributed by atoms with van der Waals surface area (Å²) in [5, 5.41) is 0. The van der Waals surface area contributed by atoms with Gasteiger partial charge >= 0.3 is 0 Å². The molecule has 0 aromatic heterocycles. The van der Waals surface area contributed by atoms with Crippen LogP contribution >= 0.6 is 0 Å². The van der Waals surface area contributed by atoms with Crippen LogP contribution in [-0.2, 0) is 4.74 Å². The Morgan fingerprint density at radius 2 is 2.13 bits per heavy atom. The number of nitrogens with zero attached hydrogens (tertiary/aromatic N) is 1. The van der Waals surface area contributed by atoms with Crippen molar-refractivity contribution in [3.05, 3.63) is 0 Å². The average molecular weight is 212 g/mol. The Kier molecular flexibility index (Phi) is 4.42. The van der Waals surface area contributed by atoms with Crippen LogP contribution in [0.5, 0.6) is 0 Å². The fraction of sp³-hybridized carbons (Fsp3) is 1.00. The highest BCUT2D eigenvalue weighted by molar-refractivity contribution is 4.74. The average Bonchev–Trinajstić information content (AvgIpc) is 2.34. The fourth-order valence-corrected chi connectivity index (χ4v) is 2.51. The molecule has 0 saturated carbocycles. The SMILES string of the molecule is NC1CCCCN(CCCC2COC2)C1. The summed E-state index contributed by atoms with van der Waals surface area (Å²) in [6, 6.07) is 0.416. The highest BCUT2D eigenvalue weighted by Crippen LogP contribution is 2.17. The molecule has 1 atom stereocenters.